The second-order valence-corrected chi connectivity index (χ2v) is 3.29. The van der Waals surface area contributed by atoms with Crippen LogP contribution < -0.4 is 5.73 Å². The zero-order valence-electron chi connectivity index (χ0n) is 6.75. The van der Waals surface area contributed by atoms with E-state index in [-0.39, 0.29) is 11.2 Å². The van der Waals surface area contributed by atoms with Gasteiger partial charge in [-0.2, -0.15) is 0 Å². The predicted octanol–water partition coefficient (Wildman–Crippen LogP) is 1.20. The lowest BCUT2D eigenvalue weighted by molar-refractivity contribution is 0.0877. The molecule has 2 rings (SSSR count). The smallest absolute Gasteiger partial charge is 0.205 e. The van der Waals surface area contributed by atoms with Crippen LogP contribution in [0.4, 0.5) is 0 Å². The van der Waals surface area contributed by atoms with Crippen molar-refractivity contribution in [3.05, 3.63) is 24.2 Å². The van der Waals surface area contributed by atoms with Crippen LogP contribution in [0.2, 0.25) is 0 Å². The highest BCUT2D eigenvalue weighted by Crippen LogP contribution is 2.47. The van der Waals surface area contributed by atoms with E-state index in [9.17, 15) is 4.79 Å². The highest BCUT2D eigenvalue weighted by molar-refractivity contribution is 6.00. The van der Waals surface area contributed by atoms with Gasteiger partial charge in [-0.25, -0.2) is 0 Å². The number of hydrogen-bond donors (Lipinski definition) is 1. The van der Waals surface area contributed by atoms with Crippen LogP contribution in [0.1, 0.15) is 23.4 Å². The summed E-state index contributed by atoms with van der Waals surface area (Å²) in [5, 5.41) is 0. The first-order valence-electron chi connectivity index (χ1n) is 4.07. The lowest BCUT2D eigenvalue weighted by atomic mass is 10.00. The van der Waals surface area contributed by atoms with Crippen LogP contribution in [-0.2, 0) is 0 Å². The molecule has 0 atom stereocenters. The van der Waals surface area contributed by atoms with E-state index >= 15 is 0 Å². The van der Waals surface area contributed by atoms with Crippen LogP contribution in [0.25, 0.3) is 0 Å². The van der Waals surface area contributed by atoms with Crippen molar-refractivity contribution < 1.29 is 9.21 Å². The highest BCUT2D eigenvalue weighted by atomic mass is 16.3. The Bertz CT molecular complexity index is 285. The summed E-state index contributed by atoms with van der Waals surface area (Å²) in [4.78, 5) is 11.6. The summed E-state index contributed by atoms with van der Waals surface area (Å²) < 4.78 is 5.02. The van der Waals surface area contributed by atoms with Crippen LogP contribution in [0.3, 0.4) is 0 Å². The number of furan rings is 1. The molecule has 0 bridgehead atoms. The van der Waals surface area contributed by atoms with Gasteiger partial charge in [-0.15, -0.1) is 0 Å². The van der Waals surface area contributed by atoms with Crippen molar-refractivity contribution in [3.63, 3.8) is 0 Å². The van der Waals surface area contributed by atoms with Gasteiger partial charge in [-0.3, -0.25) is 4.79 Å². The molecule has 12 heavy (non-hydrogen) atoms. The number of carbonyl (C=O) groups excluding carboxylic acids is 1. The molecular weight excluding hydrogens is 154 g/mol. The monoisotopic (exact) mass is 165 g/mol. The Balaban J connectivity index is 2.21. The molecular formula is C9H11NO2. The van der Waals surface area contributed by atoms with Crippen molar-refractivity contribution in [2.75, 3.05) is 6.54 Å². The zero-order valence-corrected chi connectivity index (χ0v) is 6.75. The van der Waals surface area contributed by atoms with Gasteiger partial charge in [-0.1, -0.05) is 0 Å². The van der Waals surface area contributed by atoms with Gasteiger partial charge >= 0.3 is 0 Å². The lowest BCUT2D eigenvalue weighted by Gasteiger charge is -2.07. The molecule has 64 valence electrons. The maximum absolute atomic E-state index is 11.6. The van der Waals surface area contributed by atoms with E-state index in [0.29, 0.717) is 12.3 Å². The van der Waals surface area contributed by atoms with Crippen molar-refractivity contribution in [2.24, 2.45) is 11.1 Å². The number of carbonyl (C=O) groups is 1. The Kier molecular flexibility index (Phi) is 1.54. The maximum atomic E-state index is 11.6. The summed E-state index contributed by atoms with van der Waals surface area (Å²) in [5.41, 5.74) is 5.23. The maximum Gasteiger partial charge on any atom is 0.205 e. The Labute approximate surface area is 70.5 Å². The molecule has 0 aliphatic heterocycles. The summed E-state index contributed by atoms with van der Waals surface area (Å²) in [7, 11) is 0. The second kappa shape index (κ2) is 2.45. The van der Waals surface area contributed by atoms with Crippen molar-refractivity contribution >= 4 is 5.78 Å². The molecule has 1 fully saturated rings. The van der Waals surface area contributed by atoms with Crippen molar-refractivity contribution in [3.8, 4) is 0 Å². The molecule has 0 unspecified atom stereocenters. The van der Waals surface area contributed by atoms with Gasteiger partial charge in [0.15, 0.2) is 5.76 Å². The first-order valence-corrected chi connectivity index (χ1v) is 4.07. The normalized spacial score (nSPS) is 19.1. The third kappa shape index (κ3) is 0.975. The molecule has 0 saturated heterocycles. The summed E-state index contributed by atoms with van der Waals surface area (Å²) in [6, 6.07) is 3.41. The van der Waals surface area contributed by atoms with Crippen LogP contribution >= 0.6 is 0 Å². The van der Waals surface area contributed by atoms with Gasteiger partial charge < -0.3 is 10.2 Å². The van der Waals surface area contributed by atoms with Gasteiger partial charge in [-0.05, 0) is 25.0 Å². The van der Waals surface area contributed by atoms with Gasteiger partial charge in [0, 0.05) is 12.0 Å². The molecule has 3 heteroatoms. The first kappa shape index (κ1) is 7.55. The van der Waals surface area contributed by atoms with Crippen LogP contribution in [0, 0.1) is 5.41 Å². The number of Topliss-reactive ketones (excluding diaryl/α,β-unsaturated/α-hetero) is 1. The van der Waals surface area contributed by atoms with E-state index in [2.05, 4.69) is 0 Å². The molecule has 1 aromatic heterocycles. The fourth-order valence-electron chi connectivity index (χ4n) is 1.34. The molecule has 1 aliphatic rings. The average molecular weight is 165 g/mol. The van der Waals surface area contributed by atoms with Crippen LogP contribution in [0.15, 0.2) is 22.8 Å². The van der Waals surface area contributed by atoms with Gasteiger partial charge in [0.1, 0.15) is 0 Å². The number of rotatable bonds is 3. The highest BCUT2D eigenvalue weighted by Gasteiger charge is 2.49. The number of hydrogen-bond acceptors (Lipinski definition) is 3. The Hall–Kier alpha value is -1.09. The molecule has 1 aromatic rings. The molecule has 3 nitrogen and oxygen atoms in total. The van der Waals surface area contributed by atoms with E-state index in [1.165, 1.54) is 6.26 Å². The van der Waals surface area contributed by atoms with Crippen molar-refractivity contribution in [1.29, 1.82) is 0 Å². The quantitative estimate of drug-likeness (QED) is 0.684. The zero-order chi connectivity index (χ0) is 8.60. The second-order valence-electron chi connectivity index (χ2n) is 3.29. The summed E-state index contributed by atoms with van der Waals surface area (Å²) in [6.45, 7) is 0.437. The molecule has 0 spiro atoms. The van der Waals surface area contributed by atoms with Gasteiger partial charge in [0.2, 0.25) is 5.78 Å². The van der Waals surface area contributed by atoms with E-state index < -0.39 is 0 Å². The minimum Gasteiger partial charge on any atom is -0.461 e. The third-order valence-corrected chi connectivity index (χ3v) is 2.47. The van der Waals surface area contributed by atoms with E-state index in [4.69, 9.17) is 10.2 Å². The average Bonchev–Trinajstić information content (AvgIpc) is 2.71. The fraction of sp³-hybridized carbons (Fsp3) is 0.444. The van der Waals surface area contributed by atoms with E-state index in [0.717, 1.165) is 12.8 Å². The number of nitrogens with two attached hydrogens (primary N) is 1. The molecule has 2 N–H and O–H groups in total. The van der Waals surface area contributed by atoms with Gasteiger partial charge in [0.25, 0.3) is 0 Å². The number of ketones is 1. The van der Waals surface area contributed by atoms with E-state index in [1.807, 2.05) is 0 Å². The third-order valence-electron chi connectivity index (χ3n) is 2.47. The largest absolute Gasteiger partial charge is 0.461 e. The minimum atomic E-state index is -0.280. The van der Waals surface area contributed by atoms with Gasteiger partial charge in [0.05, 0.1) is 6.26 Å². The summed E-state index contributed by atoms with van der Waals surface area (Å²) in [6.07, 6.45) is 3.33. The minimum absolute atomic E-state index is 0.0648. The lowest BCUT2D eigenvalue weighted by Crippen LogP contribution is -2.24. The Morgan fingerprint density at radius 1 is 1.67 bits per heavy atom. The predicted molar refractivity (Wildman–Crippen MR) is 43.8 cm³/mol. The van der Waals surface area contributed by atoms with Crippen LogP contribution in [-0.4, -0.2) is 12.3 Å². The first-order chi connectivity index (χ1) is 5.78. The van der Waals surface area contributed by atoms with E-state index in [1.54, 1.807) is 12.1 Å². The molecule has 0 amide bonds. The summed E-state index contributed by atoms with van der Waals surface area (Å²) >= 11 is 0. The topological polar surface area (TPSA) is 56.2 Å². The molecule has 1 aliphatic carbocycles. The molecule has 1 saturated carbocycles. The Morgan fingerprint density at radius 3 is 2.83 bits per heavy atom. The van der Waals surface area contributed by atoms with Crippen molar-refractivity contribution in [1.82, 2.24) is 0 Å². The summed E-state index contributed by atoms with van der Waals surface area (Å²) in [5.74, 6) is 0.507. The van der Waals surface area contributed by atoms with Crippen molar-refractivity contribution in [2.45, 2.75) is 12.8 Å². The molecule has 0 radical (unpaired) electrons. The standard InChI is InChI=1S/C9H11NO2/c10-6-9(3-4-9)8(11)7-2-1-5-12-7/h1-2,5H,3-4,6,10H2. The SMILES string of the molecule is NCC1(C(=O)c2ccco2)CC1. The van der Waals surface area contributed by atoms with Crippen LogP contribution in [0.5, 0.6) is 0 Å². The molecule has 0 aromatic carbocycles. The molecule has 1 heterocycles. The fourth-order valence-corrected chi connectivity index (χ4v) is 1.34. The Morgan fingerprint density at radius 2 is 2.42 bits per heavy atom.